The van der Waals surface area contributed by atoms with Gasteiger partial charge in [0.05, 0.1) is 21.5 Å². The number of amides is 1. The van der Waals surface area contributed by atoms with E-state index in [4.69, 9.17) is 16.3 Å². The van der Waals surface area contributed by atoms with Crippen molar-refractivity contribution in [2.24, 2.45) is 0 Å². The summed E-state index contributed by atoms with van der Waals surface area (Å²) in [6.45, 7) is 4.94. The molecule has 160 valence electrons. The summed E-state index contributed by atoms with van der Waals surface area (Å²) < 4.78 is 33.3. The molecule has 0 bridgehead atoms. The molecule has 2 aromatic rings. The molecule has 1 unspecified atom stereocenters. The number of para-hydroxylation sites is 1. The molecule has 0 aliphatic carbocycles. The van der Waals surface area contributed by atoms with Gasteiger partial charge in [0.1, 0.15) is 11.4 Å². The van der Waals surface area contributed by atoms with Crippen molar-refractivity contribution in [3.8, 4) is 5.75 Å². The molecule has 0 saturated carbocycles. The number of halogens is 1. The van der Waals surface area contributed by atoms with E-state index in [2.05, 4.69) is 5.32 Å². The van der Waals surface area contributed by atoms with E-state index >= 15 is 0 Å². The molecule has 0 aromatic heterocycles. The van der Waals surface area contributed by atoms with Crippen LogP contribution in [0.15, 0.2) is 47.4 Å². The molecule has 8 heteroatoms. The molecule has 0 radical (unpaired) electrons. The molecule has 1 atom stereocenters. The molecule has 4 rings (SSSR count). The zero-order valence-corrected chi connectivity index (χ0v) is 18.6. The second kappa shape index (κ2) is 7.87. The van der Waals surface area contributed by atoms with Crippen LogP contribution >= 0.6 is 11.6 Å². The van der Waals surface area contributed by atoms with Gasteiger partial charge in [-0.15, -0.1) is 0 Å². The van der Waals surface area contributed by atoms with Crippen LogP contribution in [0.3, 0.4) is 0 Å². The highest BCUT2D eigenvalue weighted by molar-refractivity contribution is 7.89. The van der Waals surface area contributed by atoms with E-state index in [-0.39, 0.29) is 21.5 Å². The molecule has 30 heavy (non-hydrogen) atoms. The van der Waals surface area contributed by atoms with Gasteiger partial charge in [-0.25, -0.2) is 8.42 Å². The first-order valence-electron chi connectivity index (χ1n) is 10.1. The molecule has 2 aliphatic rings. The minimum absolute atomic E-state index is 0.0895. The van der Waals surface area contributed by atoms with Crippen molar-refractivity contribution >= 4 is 27.5 Å². The number of hydrogen-bond donors (Lipinski definition) is 1. The summed E-state index contributed by atoms with van der Waals surface area (Å²) in [4.78, 5) is 13.2. The van der Waals surface area contributed by atoms with Crippen LogP contribution in [0, 0.1) is 0 Å². The summed E-state index contributed by atoms with van der Waals surface area (Å²) in [6.07, 6.45) is 2.28. The number of benzene rings is 2. The minimum Gasteiger partial charge on any atom is -0.487 e. The van der Waals surface area contributed by atoms with E-state index in [1.54, 1.807) is 0 Å². The topological polar surface area (TPSA) is 75.7 Å². The third-order valence-electron chi connectivity index (χ3n) is 5.57. The van der Waals surface area contributed by atoms with E-state index in [0.29, 0.717) is 19.5 Å². The van der Waals surface area contributed by atoms with Crippen molar-refractivity contribution in [1.82, 2.24) is 9.62 Å². The van der Waals surface area contributed by atoms with E-state index in [1.165, 1.54) is 22.5 Å². The van der Waals surface area contributed by atoms with Gasteiger partial charge in [0.15, 0.2) is 0 Å². The molecular formula is C22H25ClN2O4S. The lowest BCUT2D eigenvalue weighted by Gasteiger charge is -2.37. The summed E-state index contributed by atoms with van der Waals surface area (Å²) >= 11 is 6.28. The Morgan fingerprint density at radius 1 is 1.17 bits per heavy atom. The number of ether oxygens (including phenoxy) is 1. The molecule has 2 heterocycles. The standard InChI is InChI=1S/C22H25ClN2O4S/c1-22(2)14-19(16-7-3-4-8-20(16)29-22)24-21(26)17-13-15(9-10-18(17)23)30(27,28)25-11-5-6-12-25/h3-4,7-10,13,19H,5-6,11-12,14H2,1-2H3,(H,24,26). The Labute approximate surface area is 182 Å². The Bertz CT molecular complexity index is 1080. The van der Waals surface area contributed by atoms with Crippen molar-refractivity contribution < 1.29 is 17.9 Å². The van der Waals surface area contributed by atoms with Gasteiger partial charge in [-0.3, -0.25) is 4.79 Å². The van der Waals surface area contributed by atoms with E-state index < -0.39 is 21.5 Å². The fourth-order valence-electron chi connectivity index (χ4n) is 4.08. The summed E-state index contributed by atoms with van der Waals surface area (Å²) in [5.74, 6) is 0.325. The van der Waals surface area contributed by atoms with Gasteiger partial charge < -0.3 is 10.1 Å². The van der Waals surface area contributed by atoms with Gasteiger partial charge in [-0.05, 0) is 51.0 Å². The molecule has 2 aliphatic heterocycles. The maximum atomic E-state index is 13.1. The maximum Gasteiger partial charge on any atom is 0.253 e. The Hall–Kier alpha value is -2.09. The van der Waals surface area contributed by atoms with Crippen LogP contribution in [-0.2, 0) is 10.0 Å². The highest BCUT2D eigenvalue weighted by atomic mass is 35.5. The lowest BCUT2D eigenvalue weighted by atomic mass is 9.89. The Balaban J connectivity index is 1.63. The predicted octanol–water partition coefficient (Wildman–Crippen LogP) is 4.16. The van der Waals surface area contributed by atoms with Crippen molar-refractivity contribution in [2.45, 2.75) is 49.6 Å². The molecular weight excluding hydrogens is 424 g/mol. The molecule has 1 saturated heterocycles. The van der Waals surface area contributed by atoms with Crippen molar-refractivity contribution in [1.29, 1.82) is 0 Å². The Morgan fingerprint density at radius 2 is 1.87 bits per heavy atom. The zero-order valence-electron chi connectivity index (χ0n) is 17.0. The molecule has 1 fully saturated rings. The average Bonchev–Trinajstić information content (AvgIpc) is 3.23. The number of carbonyl (C=O) groups excluding carboxylic acids is 1. The number of rotatable bonds is 4. The normalized spacial score (nSPS) is 21.0. The van der Waals surface area contributed by atoms with Gasteiger partial charge in [0.2, 0.25) is 10.0 Å². The van der Waals surface area contributed by atoms with E-state index in [0.717, 1.165) is 24.2 Å². The quantitative estimate of drug-likeness (QED) is 0.762. The lowest BCUT2D eigenvalue weighted by Crippen LogP contribution is -2.41. The minimum atomic E-state index is -3.64. The second-order valence-electron chi connectivity index (χ2n) is 8.38. The number of sulfonamides is 1. The average molecular weight is 449 g/mol. The fraction of sp³-hybridized carbons (Fsp3) is 0.409. The van der Waals surface area contributed by atoms with E-state index in [1.807, 2.05) is 38.1 Å². The van der Waals surface area contributed by atoms with Gasteiger partial charge in [-0.1, -0.05) is 29.8 Å². The van der Waals surface area contributed by atoms with Crippen molar-refractivity contribution in [3.63, 3.8) is 0 Å². The first-order chi connectivity index (χ1) is 14.2. The van der Waals surface area contributed by atoms with Crippen LogP contribution in [0.4, 0.5) is 0 Å². The zero-order chi connectivity index (χ0) is 21.5. The maximum absolute atomic E-state index is 13.1. The molecule has 1 N–H and O–H groups in total. The summed E-state index contributed by atoms with van der Waals surface area (Å²) in [7, 11) is -3.64. The third kappa shape index (κ3) is 4.06. The largest absolute Gasteiger partial charge is 0.487 e. The first-order valence-corrected chi connectivity index (χ1v) is 11.9. The molecule has 0 spiro atoms. The highest BCUT2D eigenvalue weighted by Crippen LogP contribution is 2.39. The van der Waals surface area contributed by atoms with Crippen LogP contribution in [0.2, 0.25) is 5.02 Å². The number of nitrogens with zero attached hydrogens (tertiary/aromatic N) is 1. The molecule has 1 amide bonds. The Morgan fingerprint density at radius 3 is 2.60 bits per heavy atom. The van der Waals surface area contributed by atoms with Crippen LogP contribution in [0.25, 0.3) is 0 Å². The number of fused-ring (bicyclic) bond motifs is 1. The lowest BCUT2D eigenvalue weighted by molar-refractivity contribution is 0.0619. The number of hydrogen-bond acceptors (Lipinski definition) is 4. The van der Waals surface area contributed by atoms with Crippen molar-refractivity contribution in [2.75, 3.05) is 13.1 Å². The number of carbonyl (C=O) groups is 1. The van der Waals surface area contributed by atoms with Crippen LogP contribution < -0.4 is 10.1 Å². The molecule has 6 nitrogen and oxygen atoms in total. The highest BCUT2D eigenvalue weighted by Gasteiger charge is 2.35. The fourth-order valence-corrected chi connectivity index (χ4v) is 5.83. The van der Waals surface area contributed by atoms with Gasteiger partial charge in [-0.2, -0.15) is 4.31 Å². The SMILES string of the molecule is CC1(C)CC(NC(=O)c2cc(S(=O)(=O)N3CCCC3)ccc2Cl)c2ccccc2O1. The summed E-state index contributed by atoms with van der Waals surface area (Å²) in [5.41, 5.74) is 0.595. The first kappa shape index (κ1) is 21.2. The van der Waals surface area contributed by atoms with Crippen LogP contribution in [-0.4, -0.2) is 37.3 Å². The predicted molar refractivity (Wildman–Crippen MR) is 115 cm³/mol. The number of nitrogens with one attached hydrogen (secondary N) is 1. The van der Waals surface area contributed by atoms with Gasteiger partial charge >= 0.3 is 0 Å². The monoisotopic (exact) mass is 448 g/mol. The van der Waals surface area contributed by atoms with Crippen molar-refractivity contribution in [3.05, 3.63) is 58.6 Å². The summed E-state index contributed by atoms with van der Waals surface area (Å²) in [5, 5.41) is 3.24. The van der Waals surface area contributed by atoms with Crippen LogP contribution in [0.1, 0.15) is 55.1 Å². The van der Waals surface area contributed by atoms with E-state index in [9.17, 15) is 13.2 Å². The Kier molecular flexibility index (Phi) is 5.55. The van der Waals surface area contributed by atoms with Gasteiger partial charge in [0.25, 0.3) is 5.91 Å². The molecule has 2 aromatic carbocycles. The summed E-state index contributed by atoms with van der Waals surface area (Å²) in [6, 6.07) is 11.6. The van der Waals surface area contributed by atoms with Gasteiger partial charge in [0, 0.05) is 25.1 Å². The van der Waals surface area contributed by atoms with Crippen LogP contribution in [0.5, 0.6) is 5.75 Å². The smallest absolute Gasteiger partial charge is 0.253 e. The second-order valence-corrected chi connectivity index (χ2v) is 10.7. The third-order valence-corrected chi connectivity index (χ3v) is 7.79.